The number of nitrogens with zero attached hydrogens (tertiary/aromatic N) is 3. The number of aromatic nitrogens is 4. The number of tetrazole rings is 1. The lowest BCUT2D eigenvalue weighted by molar-refractivity contribution is 0.569. The quantitative estimate of drug-likeness (QED) is 0.683. The van der Waals surface area contributed by atoms with E-state index in [1.165, 1.54) is 11.3 Å². The molecule has 0 aliphatic carbocycles. The zero-order chi connectivity index (χ0) is 15.5. The van der Waals surface area contributed by atoms with Gasteiger partial charge < -0.3 is 5.32 Å². The Kier molecular flexibility index (Phi) is 5.04. The molecule has 0 saturated carbocycles. The molecule has 0 amide bonds. The maximum Gasteiger partial charge on any atom is 0.242 e. The molecule has 3 N–H and O–H groups in total. The fraction of sp³-hybridized carbons (Fsp3) is 0.545. The maximum atomic E-state index is 12.5. The molecule has 0 bridgehead atoms. The number of sulfonamides is 1. The third kappa shape index (κ3) is 4.06. The summed E-state index contributed by atoms with van der Waals surface area (Å²) in [4.78, 5) is 1.13. The van der Waals surface area contributed by atoms with E-state index in [1.54, 1.807) is 6.92 Å². The second-order valence-electron chi connectivity index (χ2n) is 4.86. The van der Waals surface area contributed by atoms with Crippen LogP contribution in [0.4, 0.5) is 0 Å². The molecular weight excluding hydrogens is 312 g/mol. The Bertz CT molecular complexity index is 678. The van der Waals surface area contributed by atoms with Gasteiger partial charge in [0, 0.05) is 17.5 Å². The first-order chi connectivity index (χ1) is 9.90. The van der Waals surface area contributed by atoms with Gasteiger partial charge in [-0.25, -0.2) is 13.1 Å². The van der Waals surface area contributed by atoms with E-state index in [9.17, 15) is 8.42 Å². The summed E-state index contributed by atoms with van der Waals surface area (Å²) in [7, 11) is -3.60. The van der Waals surface area contributed by atoms with Crippen molar-refractivity contribution in [2.24, 2.45) is 0 Å². The van der Waals surface area contributed by atoms with E-state index in [1.807, 2.05) is 19.2 Å². The smallest absolute Gasteiger partial charge is 0.242 e. The van der Waals surface area contributed by atoms with Gasteiger partial charge in [0.15, 0.2) is 5.82 Å². The molecule has 2 aromatic heterocycles. The summed E-state index contributed by atoms with van der Waals surface area (Å²) in [5.41, 5.74) is 0.737. The molecule has 2 aromatic rings. The van der Waals surface area contributed by atoms with Crippen molar-refractivity contribution in [2.45, 2.75) is 44.8 Å². The van der Waals surface area contributed by atoms with Crippen LogP contribution in [0.25, 0.3) is 0 Å². The fourth-order valence-electron chi connectivity index (χ4n) is 1.76. The summed E-state index contributed by atoms with van der Waals surface area (Å²) in [6.45, 7) is 6.35. The SMILES string of the molecule is Cc1csc(CNC(C)C)c1S(=O)(=O)NCc1nn[nH]n1. The molecule has 0 aromatic carbocycles. The van der Waals surface area contributed by atoms with Gasteiger partial charge >= 0.3 is 0 Å². The Morgan fingerprint density at radius 1 is 1.38 bits per heavy atom. The van der Waals surface area contributed by atoms with Crippen LogP contribution in [-0.4, -0.2) is 35.1 Å². The predicted molar refractivity (Wildman–Crippen MR) is 79.2 cm³/mol. The van der Waals surface area contributed by atoms with Crippen molar-refractivity contribution in [1.29, 1.82) is 0 Å². The van der Waals surface area contributed by atoms with Gasteiger partial charge in [-0.15, -0.1) is 21.5 Å². The van der Waals surface area contributed by atoms with Gasteiger partial charge in [0.2, 0.25) is 10.0 Å². The molecule has 2 heterocycles. The molecule has 8 nitrogen and oxygen atoms in total. The van der Waals surface area contributed by atoms with E-state index in [0.717, 1.165) is 10.4 Å². The van der Waals surface area contributed by atoms with Crippen LogP contribution in [0.5, 0.6) is 0 Å². The molecule has 0 saturated heterocycles. The summed E-state index contributed by atoms with van der Waals surface area (Å²) in [5.74, 6) is 0.299. The van der Waals surface area contributed by atoms with Crippen molar-refractivity contribution in [3.63, 3.8) is 0 Å². The number of aromatic amines is 1. The average Bonchev–Trinajstić information content (AvgIpc) is 3.03. The Morgan fingerprint density at radius 3 is 2.76 bits per heavy atom. The number of aryl methyl sites for hydroxylation is 1. The third-order valence-corrected chi connectivity index (χ3v) is 5.60. The van der Waals surface area contributed by atoms with Crippen LogP contribution >= 0.6 is 11.3 Å². The van der Waals surface area contributed by atoms with Gasteiger partial charge in [-0.1, -0.05) is 19.1 Å². The largest absolute Gasteiger partial charge is 0.310 e. The lowest BCUT2D eigenvalue weighted by Crippen LogP contribution is -2.27. The van der Waals surface area contributed by atoms with Crippen LogP contribution in [0.1, 0.15) is 30.1 Å². The molecule has 0 aliphatic rings. The highest BCUT2D eigenvalue weighted by atomic mass is 32.2. The predicted octanol–water partition coefficient (Wildman–Crippen LogP) is 0.546. The summed E-state index contributed by atoms with van der Waals surface area (Å²) in [6.07, 6.45) is 0. The van der Waals surface area contributed by atoms with Gasteiger partial charge in [-0.3, -0.25) is 0 Å². The highest BCUT2D eigenvalue weighted by molar-refractivity contribution is 7.89. The minimum atomic E-state index is -3.60. The van der Waals surface area contributed by atoms with Crippen molar-refractivity contribution >= 4 is 21.4 Å². The zero-order valence-electron chi connectivity index (χ0n) is 12.0. The van der Waals surface area contributed by atoms with Crippen molar-refractivity contribution < 1.29 is 8.42 Å². The Labute approximate surface area is 127 Å². The first-order valence-electron chi connectivity index (χ1n) is 6.42. The highest BCUT2D eigenvalue weighted by Gasteiger charge is 2.23. The van der Waals surface area contributed by atoms with Gasteiger partial charge in [-0.05, 0) is 17.9 Å². The van der Waals surface area contributed by atoms with Gasteiger partial charge in [0.25, 0.3) is 0 Å². The minimum absolute atomic E-state index is 0.00513. The molecule has 0 aliphatic heterocycles. The Morgan fingerprint density at radius 2 is 2.14 bits per heavy atom. The van der Waals surface area contributed by atoms with Crippen molar-refractivity contribution in [2.75, 3.05) is 0 Å². The van der Waals surface area contributed by atoms with E-state index in [4.69, 9.17) is 0 Å². The maximum absolute atomic E-state index is 12.5. The number of hydrogen-bond acceptors (Lipinski definition) is 7. The zero-order valence-corrected chi connectivity index (χ0v) is 13.7. The Balaban J connectivity index is 2.16. The Hall–Kier alpha value is -1.36. The van der Waals surface area contributed by atoms with E-state index >= 15 is 0 Å². The molecule has 21 heavy (non-hydrogen) atoms. The highest BCUT2D eigenvalue weighted by Crippen LogP contribution is 2.26. The number of thiophene rings is 1. The van der Waals surface area contributed by atoms with E-state index in [2.05, 4.69) is 30.7 Å². The summed E-state index contributed by atoms with van der Waals surface area (Å²) < 4.78 is 27.4. The number of nitrogens with one attached hydrogen (secondary N) is 3. The first kappa shape index (κ1) is 16.0. The van der Waals surface area contributed by atoms with E-state index < -0.39 is 10.0 Å². The fourth-order valence-corrected chi connectivity index (χ4v) is 4.49. The van der Waals surface area contributed by atoms with Crippen molar-refractivity contribution in [3.8, 4) is 0 Å². The molecule has 0 fully saturated rings. The van der Waals surface area contributed by atoms with Crippen molar-refractivity contribution in [3.05, 3.63) is 21.6 Å². The molecule has 2 rings (SSSR count). The number of hydrogen-bond donors (Lipinski definition) is 3. The van der Waals surface area contributed by atoms with Crippen molar-refractivity contribution in [1.82, 2.24) is 30.7 Å². The van der Waals surface area contributed by atoms with Crippen LogP contribution in [-0.2, 0) is 23.1 Å². The molecule has 116 valence electrons. The number of rotatable bonds is 7. The van der Waals surface area contributed by atoms with Crippen LogP contribution in [0.15, 0.2) is 10.3 Å². The van der Waals surface area contributed by atoms with E-state index in [0.29, 0.717) is 17.3 Å². The van der Waals surface area contributed by atoms with Gasteiger partial charge in [0.05, 0.1) is 6.54 Å². The van der Waals surface area contributed by atoms with Crippen LogP contribution < -0.4 is 10.0 Å². The first-order valence-corrected chi connectivity index (χ1v) is 8.78. The average molecular weight is 330 g/mol. The molecule has 0 unspecified atom stereocenters. The molecule has 10 heteroatoms. The second kappa shape index (κ2) is 6.60. The lowest BCUT2D eigenvalue weighted by Gasteiger charge is -2.10. The van der Waals surface area contributed by atoms with E-state index in [-0.39, 0.29) is 12.6 Å². The molecule has 0 spiro atoms. The van der Waals surface area contributed by atoms with Gasteiger partial charge in [-0.2, -0.15) is 5.21 Å². The molecule has 0 atom stereocenters. The molecular formula is C11H18N6O2S2. The van der Waals surface area contributed by atoms with Crippen LogP contribution in [0.3, 0.4) is 0 Å². The van der Waals surface area contributed by atoms with Crippen LogP contribution in [0, 0.1) is 6.92 Å². The summed E-state index contributed by atoms with van der Waals surface area (Å²) >= 11 is 1.44. The lowest BCUT2D eigenvalue weighted by atomic mass is 10.3. The van der Waals surface area contributed by atoms with Crippen LogP contribution in [0.2, 0.25) is 0 Å². The standard InChI is InChI=1S/C11H18N6O2S2/c1-7(2)12-4-9-11(8(3)6-20-9)21(18,19)13-5-10-14-16-17-15-10/h6-7,12-13H,4-5H2,1-3H3,(H,14,15,16,17). The van der Waals surface area contributed by atoms with Gasteiger partial charge in [0.1, 0.15) is 4.90 Å². The normalized spacial score (nSPS) is 12.2. The summed E-state index contributed by atoms with van der Waals surface area (Å²) in [5, 5.41) is 18.2. The monoisotopic (exact) mass is 330 g/mol. The topological polar surface area (TPSA) is 113 Å². The number of H-pyrrole nitrogens is 1. The summed E-state index contributed by atoms with van der Waals surface area (Å²) in [6, 6.07) is 0.287. The minimum Gasteiger partial charge on any atom is -0.310 e. The third-order valence-electron chi connectivity index (χ3n) is 2.74. The molecule has 0 radical (unpaired) electrons. The second-order valence-corrected chi connectivity index (χ2v) is 7.53.